The van der Waals surface area contributed by atoms with E-state index in [1.807, 2.05) is 0 Å². The fraction of sp³-hybridized carbons (Fsp3) is 0.188. The lowest BCUT2D eigenvalue weighted by Gasteiger charge is -2.14. The van der Waals surface area contributed by atoms with Crippen molar-refractivity contribution in [2.24, 2.45) is 0 Å². The Morgan fingerprint density at radius 2 is 1.83 bits per heavy atom. The van der Waals surface area contributed by atoms with E-state index in [4.69, 9.17) is 21.1 Å². The van der Waals surface area contributed by atoms with E-state index in [-0.39, 0.29) is 23.7 Å². The van der Waals surface area contributed by atoms with Gasteiger partial charge in [-0.1, -0.05) is 18.2 Å². The molecule has 0 aliphatic rings. The summed E-state index contributed by atoms with van der Waals surface area (Å²) in [6.07, 6.45) is 3.06. The fourth-order valence-electron chi connectivity index (χ4n) is 1.94. The summed E-state index contributed by atoms with van der Waals surface area (Å²) in [4.78, 5) is 4.10. The predicted octanol–water partition coefficient (Wildman–Crippen LogP) is 4.29. The molecular formula is C16H15ClF2N2O2. The molecule has 0 atom stereocenters. The highest BCUT2D eigenvalue weighted by molar-refractivity contribution is 6.31. The van der Waals surface area contributed by atoms with E-state index in [9.17, 15) is 8.78 Å². The minimum Gasteiger partial charge on any atom is -0.493 e. The van der Waals surface area contributed by atoms with Gasteiger partial charge in [0.2, 0.25) is 0 Å². The highest BCUT2D eigenvalue weighted by Gasteiger charge is 2.20. The number of nitrogens with zero attached hydrogens (tertiary/aromatic N) is 1. The Kier molecular flexibility index (Phi) is 5.39. The first-order valence-corrected chi connectivity index (χ1v) is 7.00. The molecule has 1 aromatic carbocycles. The standard InChI is InChI=1S/C16H15ClF2N2O2/c1-4-10-5-11(17)9(7-20-10)8-21-16-14(18)12(22-2)6-13(23-3)15(16)19/h4-7,21H,1,8H2,2-3H3. The second-order valence-electron chi connectivity index (χ2n) is 4.54. The number of aromatic nitrogens is 1. The molecule has 0 unspecified atom stereocenters. The molecule has 1 heterocycles. The molecule has 7 heteroatoms. The zero-order valence-corrected chi connectivity index (χ0v) is 13.4. The molecular weight excluding hydrogens is 326 g/mol. The summed E-state index contributed by atoms with van der Waals surface area (Å²) >= 11 is 6.11. The Morgan fingerprint density at radius 1 is 1.22 bits per heavy atom. The smallest absolute Gasteiger partial charge is 0.191 e. The highest BCUT2D eigenvalue weighted by Crippen LogP contribution is 2.35. The summed E-state index contributed by atoms with van der Waals surface area (Å²) in [7, 11) is 2.57. The number of nitrogens with one attached hydrogen (secondary N) is 1. The van der Waals surface area contributed by atoms with Crippen LogP contribution < -0.4 is 14.8 Å². The number of rotatable bonds is 6. The SMILES string of the molecule is C=Cc1cc(Cl)c(CNc2c(F)c(OC)cc(OC)c2F)cn1. The van der Waals surface area contributed by atoms with E-state index in [0.29, 0.717) is 16.3 Å². The average Bonchev–Trinajstić information content (AvgIpc) is 2.56. The maximum absolute atomic E-state index is 14.2. The quantitative estimate of drug-likeness (QED) is 0.852. The van der Waals surface area contributed by atoms with Gasteiger partial charge in [0.1, 0.15) is 5.69 Å². The summed E-state index contributed by atoms with van der Waals surface area (Å²) in [6, 6.07) is 2.76. The number of ether oxygens (including phenoxy) is 2. The van der Waals surface area contributed by atoms with Crippen LogP contribution in [0.4, 0.5) is 14.5 Å². The maximum Gasteiger partial charge on any atom is 0.191 e. The summed E-state index contributed by atoms with van der Waals surface area (Å²) in [6.45, 7) is 3.67. The molecule has 0 spiro atoms. The minimum absolute atomic E-state index is 0.0768. The minimum atomic E-state index is -0.849. The Bertz CT molecular complexity index is 710. The monoisotopic (exact) mass is 340 g/mol. The van der Waals surface area contributed by atoms with Crippen LogP contribution in [0.15, 0.2) is 24.9 Å². The molecule has 0 saturated carbocycles. The van der Waals surface area contributed by atoms with E-state index in [2.05, 4.69) is 16.9 Å². The largest absolute Gasteiger partial charge is 0.493 e. The maximum atomic E-state index is 14.2. The van der Waals surface area contributed by atoms with Gasteiger partial charge in [-0.25, -0.2) is 8.78 Å². The van der Waals surface area contributed by atoms with Crippen LogP contribution in [-0.4, -0.2) is 19.2 Å². The van der Waals surface area contributed by atoms with Crippen molar-refractivity contribution < 1.29 is 18.3 Å². The molecule has 0 amide bonds. The second kappa shape index (κ2) is 7.28. The molecule has 2 rings (SSSR count). The van der Waals surface area contributed by atoms with Crippen molar-refractivity contribution in [3.8, 4) is 11.5 Å². The Balaban J connectivity index is 2.31. The summed E-state index contributed by atoms with van der Waals surface area (Å²) < 4.78 is 38.2. The third kappa shape index (κ3) is 3.53. The summed E-state index contributed by atoms with van der Waals surface area (Å²) in [5.41, 5.74) is 0.835. The van der Waals surface area contributed by atoms with Crippen LogP contribution in [0.3, 0.4) is 0 Å². The van der Waals surface area contributed by atoms with Gasteiger partial charge in [-0.05, 0) is 12.1 Å². The lowest BCUT2D eigenvalue weighted by atomic mass is 10.2. The average molecular weight is 341 g/mol. The van der Waals surface area contributed by atoms with Crippen LogP contribution in [0.1, 0.15) is 11.3 Å². The summed E-state index contributed by atoms with van der Waals surface area (Å²) in [5, 5.41) is 3.08. The molecule has 0 fully saturated rings. The van der Waals surface area contributed by atoms with E-state index in [1.165, 1.54) is 20.4 Å². The first-order valence-electron chi connectivity index (χ1n) is 6.62. The van der Waals surface area contributed by atoms with Gasteiger partial charge in [0, 0.05) is 29.4 Å². The van der Waals surface area contributed by atoms with E-state index >= 15 is 0 Å². The first-order chi connectivity index (χ1) is 11.0. The van der Waals surface area contributed by atoms with Crippen LogP contribution in [0, 0.1) is 11.6 Å². The zero-order valence-electron chi connectivity index (χ0n) is 12.6. The van der Waals surface area contributed by atoms with Gasteiger partial charge in [-0.2, -0.15) is 0 Å². The van der Waals surface area contributed by atoms with Crippen molar-refractivity contribution in [3.05, 3.63) is 52.8 Å². The number of pyridine rings is 1. The van der Waals surface area contributed by atoms with Gasteiger partial charge in [0.05, 0.1) is 19.9 Å². The molecule has 0 aliphatic heterocycles. The number of methoxy groups -OCH3 is 2. The summed E-state index contributed by atoms with van der Waals surface area (Å²) in [5.74, 6) is -1.95. The van der Waals surface area contributed by atoms with E-state index in [0.717, 1.165) is 6.07 Å². The van der Waals surface area contributed by atoms with Crippen molar-refractivity contribution in [3.63, 3.8) is 0 Å². The third-order valence-electron chi connectivity index (χ3n) is 3.19. The second-order valence-corrected chi connectivity index (χ2v) is 4.95. The normalized spacial score (nSPS) is 10.3. The number of hydrogen-bond donors (Lipinski definition) is 1. The highest BCUT2D eigenvalue weighted by atomic mass is 35.5. The lowest BCUT2D eigenvalue weighted by molar-refractivity contribution is 0.360. The number of benzene rings is 1. The Hall–Kier alpha value is -2.34. The first kappa shape index (κ1) is 17.0. The van der Waals surface area contributed by atoms with Gasteiger partial charge in [0.15, 0.2) is 23.1 Å². The number of halogens is 3. The Labute approximate surface area is 137 Å². The molecule has 0 aliphatic carbocycles. The molecule has 1 N–H and O–H groups in total. The van der Waals surface area contributed by atoms with E-state index in [1.54, 1.807) is 12.1 Å². The van der Waals surface area contributed by atoms with Gasteiger partial charge in [-0.3, -0.25) is 4.98 Å². The van der Waals surface area contributed by atoms with Crippen LogP contribution in [0.2, 0.25) is 5.02 Å². The van der Waals surface area contributed by atoms with Crippen molar-refractivity contribution in [1.29, 1.82) is 0 Å². The molecule has 23 heavy (non-hydrogen) atoms. The van der Waals surface area contributed by atoms with Crippen molar-refractivity contribution in [2.75, 3.05) is 19.5 Å². The number of anilines is 1. The van der Waals surface area contributed by atoms with Crippen LogP contribution in [0.25, 0.3) is 6.08 Å². The van der Waals surface area contributed by atoms with Crippen molar-refractivity contribution >= 4 is 23.4 Å². The molecule has 2 aromatic rings. The van der Waals surface area contributed by atoms with E-state index < -0.39 is 11.6 Å². The van der Waals surface area contributed by atoms with Gasteiger partial charge < -0.3 is 14.8 Å². The fourth-order valence-corrected chi connectivity index (χ4v) is 2.17. The molecule has 0 radical (unpaired) electrons. The van der Waals surface area contributed by atoms with Gasteiger partial charge in [0.25, 0.3) is 0 Å². The van der Waals surface area contributed by atoms with Crippen LogP contribution in [-0.2, 0) is 6.54 Å². The van der Waals surface area contributed by atoms with Gasteiger partial charge in [-0.15, -0.1) is 0 Å². The topological polar surface area (TPSA) is 43.4 Å². The van der Waals surface area contributed by atoms with Crippen molar-refractivity contribution in [2.45, 2.75) is 6.54 Å². The zero-order chi connectivity index (χ0) is 17.0. The van der Waals surface area contributed by atoms with Gasteiger partial charge >= 0.3 is 0 Å². The molecule has 122 valence electrons. The van der Waals surface area contributed by atoms with Crippen LogP contribution >= 0.6 is 11.6 Å². The molecule has 0 bridgehead atoms. The number of hydrogen-bond acceptors (Lipinski definition) is 4. The molecule has 4 nitrogen and oxygen atoms in total. The third-order valence-corrected chi connectivity index (χ3v) is 3.54. The molecule has 1 aromatic heterocycles. The van der Waals surface area contributed by atoms with Crippen LogP contribution in [0.5, 0.6) is 11.5 Å². The lowest BCUT2D eigenvalue weighted by Crippen LogP contribution is -2.07. The van der Waals surface area contributed by atoms with Crippen molar-refractivity contribution in [1.82, 2.24) is 4.98 Å². The molecule has 0 saturated heterocycles. The Morgan fingerprint density at radius 3 is 2.30 bits per heavy atom. The predicted molar refractivity (Wildman–Crippen MR) is 86.1 cm³/mol.